The summed E-state index contributed by atoms with van der Waals surface area (Å²) in [6.45, 7) is 3.92. The summed E-state index contributed by atoms with van der Waals surface area (Å²) >= 11 is 0. The third-order valence-electron chi connectivity index (χ3n) is 1.99. The van der Waals surface area contributed by atoms with Gasteiger partial charge in [0.15, 0.2) is 0 Å². The third-order valence-corrected chi connectivity index (χ3v) is 2.87. The van der Waals surface area contributed by atoms with Crippen LogP contribution < -0.4 is 0 Å². The fourth-order valence-electron chi connectivity index (χ4n) is 1.38. The molecule has 15 heavy (non-hydrogen) atoms. The molecule has 0 radical (unpaired) electrons. The molecule has 84 valence electrons. The molecule has 0 saturated carbocycles. The summed E-state index contributed by atoms with van der Waals surface area (Å²) in [5.74, 6) is -0.0544. The van der Waals surface area contributed by atoms with Crippen LogP contribution in [0.5, 0.6) is 5.75 Å². The maximum Gasteiger partial charge on any atom is 0.298 e. The molecular formula is C10H14O4S. The van der Waals surface area contributed by atoms with E-state index in [1.54, 1.807) is 6.07 Å². The van der Waals surface area contributed by atoms with E-state index in [0.29, 0.717) is 17.9 Å². The molecule has 0 atom stereocenters. The van der Waals surface area contributed by atoms with E-state index in [9.17, 15) is 13.5 Å². The summed E-state index contributed by atoms with van der Waals surface area (Å²) in [5, 5.41) is 9.63. The SMILES string of the molecule is CC(C)Cc1cccc(S(=O)(=O)O)c1O. The lowest BCUT2D eigenvalue weighted by Crippen LogP contribution is -2.02. The Kier molecular flexibility index (Phi) is 3.36. The Labute approximate surface area is 89.3 Å². The van der Waals surface area contributed by atoms with Gasteiger partial charge in [-0.2, -0.15) is 8.42 Å². The van der Waals surface area contributed by atoms with E-state index in [-0.39, 0.29) is 5.75 Å². The molecule has 0 bridgehead atoms. The van der Waals surface area contributed by atoms with Gasteiger partial charge in [-0.1, -0.05) is 26.0 Å². The molecule has 0 unspecified atom stereocenters. The van der Waals surface area contributed by atoms with Crippen molar-refractivity contribution in [3.8, 4) is 5.75 Å². The second-order valence-corrected chi connectivity index (χ2v) is 5.23. The minimum absolute atomic E-state index is 0.299. The first-order chi connectivity index (χ1) is 6.82. The second kappa shape index (κ2) is 4.20. The monoisotopic (exact) mass is 230 g/mol. The zero-order valence-corrected chi connectivity index (χ0v) is 9.45. The molecule has 2 N–H and O–H groups in total. The molecule has 0 aliphatic rings. The maximum absolute atomic E-state index is 10.9. The quantitative estimate of drug-likeness (QED) is 0.777. The molecule has 0 spiro atoms. The Morgan fingerprint density at radius 2 is 1.93 bits per heavy atom. The summed E-state index contributed by atoms with van der Waals surface area (Å²) in [6, 6.07) is 4.32. The van der Waals surface area contributed by atoms with E-state index >= 15 is 0 Å². The number of phenolic OH excluding ortho intramolecular Hbond substituents is 1. The van der Waals surface area contributed by atoms with E-state index in [1.807, 2.05) is 13.8 Å². The van der Waals surface area contributed by atoms with Gasteiger partial charge in [-0.15, -0.1) is 0 Å². The van der Waals surface area contributed by atoms with Crippen LogP contribution in [0.3, 0.4) is 0 Å². The van der Waals surface area contributed by atoms with Gasteiger partial charge in [-0.05, 0) is 24.0 Å². The largest absolute Gasteiger partial charge is 0.506 e. The van der Waals surface area contributed by atoms with Crippen LogP contribution in [0.2, 0.25) is 0 Å². The van der Waals surface area contributed by atoms with Gasteiger partial charge in [-0.3, -0.25) is 4.55 Å². The highest BCUT2D eigenvalue weighted by molar-refractivity contribution is 7.86. The van der Waals surface area contributed by atoms with Gasteiger partial charge in [0.1, 0.15) is 10.6 Å². The molecule has 0 aromatic heterocycles. The molecule has 1 aromatic rings. The maximum atomic E-state index is 10.9. The summed E-state index contributed by atoms with van der Waals surface area (Å²) < 4.78 is 30.6. The van der Waals surface area contributed by atoms with Crippen molar-refractivity contribution in [2.75, 3.05) is 0 Å². The number of hydrogen-bond donors (Lipinski definition) is 2. The Bertz CT molecular complexity index is 448. The summed E-state index contributed by atoms with van der Waals surface area (Å²) in [5.41, 5.74) is 0.528. The van der Waals surface area contributed by atoms with Crippen molar-refractivity contribution in [2.45, 2.75) is 25.2 Å². The standard InChI is InChI=1S/C10H14O4S/c1-7(2)6-8-4-3-5-9(10(8)11)15(12,13)14/h3-5,7,11H,6H2,1-2H3,(H,12,13,14). The topological polar surface area (TPSA) is 74.6 Å². The van der Waals surface area contributed by atoms with Gasteiger partial charge in [0.25, 0.3) is 10.1 Å². The molecule has 0 saturated heterocycles. The van der Waals surface area contributed by atoms with E-state index in [0.717, 1.165) is 0 Å². The predicted molar refractivity (Wildman–Crippen MR) is 56.5 cm³/mol. The van der Waals surface area contributed by atoms with Crippen molar-refractivity contribution in [1.29, 1.82) is 0 Å². The molecular weight excluding hydrogens is 216 g/mol. The van der Waals surface area contributed by atoms with Crippen molar-refractivity contribution in [2.24, 2.45) is 5.92 Å². The Morgan fingerprint density at radius 3 is 2.40 bits per heavy atom. The number of hydrogen-bond acceptors (Lipinski definition) is 3. The van der Waals surface area contributed by atoms with Crippen LogP contribution in [0.25, 0.3) is 0 Å². The van der Waals surface area contributed by atoms with E-state index in [2.05, 4.69) is 0 Å². The van der Waals surface area contributed by atoms with Crippen molar-refractivity contribution < 1.29 is 18.1 Å². The summed E-state index contributed by atoms with van der Waals surface area (Å²) in [4.78, 5) is -0.430. The van der Waals surface area contributed by atoms with E-state index < -0.39 is 15.0 Å². The molecule has 5 heteroatoms. The van der Waals surface area contributed by atoms with Gasteiger partial charge in [0, 0.05) is 0 Å². The van der Waals surface area contributed by atoms with Crippen molar-refractivity contribution in [1.82, 2.24) is 0 Å². The molecule has 0 aliphatic carbocycles. The normalized spacial score (nSPS) is 12.0. The zero-order valence-electron chi connectivity index (χ0n) is 8.64. The minimum Gasteiger partial charge on any atom is -0.506 e. The van der Waals surface area contributed by atoms with Gasteiger partial charge in [0.2, 0.25) is 0 Å². The van der Waals surface area contributed by atoms with Crippen LogP contribution in [-0.4, -0.2) is 18.1 Å². The highest BCUT2D eigenvalue weighted by Crippen LogP contribution is 2.28. The van der Waals surface area contributed by atoms with Crippen molar-refractivity contribution >= 4 is 10.1 Å². The summed E-state index contributed by atoms with van der Waals surface area (Å²) in [6.07, 6.45) is 0.565. The average molecular weight is 230 g/mol. The van der Waals surface area contributed by atoms with E-state index in [1.165, 1.54) is 12.1 Å². The Balaban J connectivity index is 3.24. The fourth-order valence-corrected chi connectivity index (χ4v) is 2.01. The lowest BCUT2D eigenvalue weighted by molar-refractivity contribution is 0.434. The Hall–Kier alpha value is -1.07. The highest BCUT2D eigenvalue weighted by Gasteiger charge is 2.17. The van der Waals surface area contributed by atoms with Crippen LogP contribution in [0.1, 0.15) is 19.4 Å². The van der Waals surface area contributed by atoms with Crippen LogP contribution >= 0.6 is 0 Å². The number of benzene rings is 1. The first-order valence-corrected chi connectivity index (χ1v) is 6.04. The minimum atomic E-state index is -4.34. The first-order valence-electron chi connectivity index (χ1n) is 4.60. The van der Waals surface area contributed by atoms with Gasteiger partial charge in [-0.25, -0.2) is 0 Å². The molecule has 0 heterocycles. The lowest BCUT2D eigenvalue weighted by Gasteiger charge is -2.09. The number of rotatable bonds is 3. The van der Waals surface area contributed by atoms with E-state index in [4.69, 9.17) is 4.55 Å². The van der Waals surface area contributed by atoms with Crippen molar-refractivity contribution in [3.63, 3.8) is 0 Å². The second-order valence-electron chi connectivity index (χ2n) is 3.84. The molecule has 0 fully saturated rings. The number of phenols is 1. The number of para-hydroxylation sites is 1. The predicted octanol–water partition coefficient (Wildman–Crippen LogP) is 1.84. The van der Waals surface area contributed by atoms with Crippen molar-refractivity contribution in [3.05, 3.63) is 23.8 Å². The summed E-state index contributed by atoms with van der Waals surface area (Å²) in [7, 11) is -4.34. The average Bonchev–Trinajstić information content (AvgIpc) is 2.05. The van der Waals surface area contributed by atoms with Crippen LogP contribution in [-0.2, 0) is 16.5 Å². The van der Waals surface area contributed by atoms with Gasteiger partial charge < -0.3 is 5.11 Å². The first kappa shape index (κ1) is 12.0. The zero-order chi connectivity index (χ0) is 11.6. The smallest absolute Gasteiger partial charge is 0.298 e. The van der Waals surface area contributed by atoms with Crippen LogP contribution in [0.4, 0.5) is 0 Å². The van der Waals surface area contributed by atoms with Gasteiger partial charge in [0.05, 0.1) is 0 Å². The highest BCUT2D eigenvalue weighted by atomic mass is 32.2. The third kappa shape index (κ3) is 2.94. The molecule has 1 aromatic carbocycles. The molecule has 1 rings (SSSR count). The van der Waals surface area contributed by atoms with Gasteiger partial charge >= 0.3 is 0 Å². The molecule has 4 nitrogen and oxygen atoms in total. The fraction of sp³-hybridized carbons (Fsp3) is 0.400. The number of aromatic hydroxyl groups is 1. The lowest BCUT2D eigenvalue weighted by atomic mass is 10.0. The Morgan fingerprint density at radius 1 is 1.33 bits per heavy atom. The van der Waals surface area contributed by atoms with Crippen LogP contribution in [0, 0.1) is 5.92 Å². The molecule has 0 aliphatic heterocycles. The van der Waals surface area contributed by atoms with Crippen LogP contribution in [0.15, 0.2) is 23.1 Å². The molecule has 0 amide bonds.